The Kier molecular flexibility index (Phi) is 6.96. The standard InChI is InChI=1S/C54H37N/c1-6-16-38(17-7-1)44-30-45(39-18-8-2-9-19-39)33-48(32-44)42-26-28-53-51(36-42)52-37-43(27-29-54(52)55(53)50-24-14-5-15-25-50)49-34-46(40-20-10-3-11-21-40)31-47(35-49)41-22-12-4-13-23-41/h1-37H/i16D,18D,20D,22D,24D. The molecule has 0 fully saturated rings. The molecule has 1 nitrogen and oxygen atoms in total. The van der Waals surface area contributed by atoms with Crippen LogP contribution in [0.15, 0.2) is 224 Å². The zero-order chi connectivity index (χ0) is 40.9. The van der Waals surface area contributed by atoms with Crippen LogP contribution in [0.5, 0.6) is 0 Å². The third-order valence-electron chi connectivity index (χ3n) is 10.3. The van der Waals surface area contributed by atoms with Crippen LogP contribution in [-0.2, 0) is 0 Å². The van der Waals surface area contributed by atoms with Crippen LogP contribution < -0.4 is 0 Å². The molecular weight excluding hydrogens is 663 g/mol. The number of hydrogen-bond donors (Lipinski definition) is 0. The van der Waals surface area contributed by atoms with Crippen LogP contribution in [0.1, 0.15) is 6.85 Å². The molecule has 0 bridgehead atoms. The Morgan fingerprint density at radius 1 is 0.255 bits per heavy atom. The smallest absolute Gasteiger partial charge is 0.0645 e. The quantitative estimate of drug-likeness (QED) is 0.156. The van der Waals surface area contributed by atoms with Gasteiger partial charge < -0.3 is 4.57 Å². The van der Waals surface area contributed by atoms with Crippen molar-refractivity contribution in [1.29, 1.82) is 0 Å². The second kappa shape index (κ2) is 14.0. The first-order valence-electron chi connectivity index (χ1n) is 21.0. The fourth-order valence-corrected chi connectivity index (χ4v) is 7.67. The summed E-state index contributed by atoms with van der Waals surface area (Å²) in [6.07, 6.45) is 0. The van der Waals surface area contributed by atoms with Crippen molar-refractivity contribution in [2.45, 2.75) is 0 Å². The summed E-state index contributed by atoms with van der Waals surface area (Å²) in [4.78, 5) is 0. The summed E-state index contributed by atoms with van der Waals surface area (Å²) in [7, 11) is 0. The maximum Gasteiger partial charge on any atom is 0.0645 e. The molecule has 10 aromatic rings. The van der Waals surface area contributed by atoms with E-state index in [0.29, 0.717) is 30.2 Å². The molecule has 10 rings (SSSR count). The Hall–Kier alpha value is -7.22. The van der Waals surface area contributed by atoms with Gasteiger partial charge in [0, 0.05) is 16.5 Å². The highest BCUT2D eigenvalue weighted by molar-refractivity contribution is 6.12. The summed E-state index contributed by atoms with van der Waals surface area (Å²) in [6.45, 7) is 0. The van der Waals surface area contributed by atoms with Gasteiger partial charge in [0.05, 0.1) is 17.9 Å². The average Bonchev–Trinajstić information content (AvgIpc) is 3.59. The minimum atomic E-state index is 0.422. The minimum Gasteiger partial charge on any atom is -0.309 e. The Morgan fingerprint density at radius 3 is 0.927 bits per heavy atom. The number of aromatic nitrogens is 1. The molecule has 0 saturated carbocycles. The van der Waals surface area contributed by atoms with Crippen LogP contribution in [0.4, 0.5) is 0 Å². The van der Waals surface area contributed by atoms with E-state index in [2.05, 4.69) is 77.4 Å². The molecule has 9 aromatic carbocycles. The number of benzene rings is 9. The minimum absolute atomic E-state index is 0.422. The molecule has 0 aliphatic heterocycles. The van der Waals surface area contributed by atoms with Gasteiger partial charge in [0.2, 0.25) is 0 Å². The monoisotopic (exact) mass is 704 g/mol. The van der Waals surface area contributed by atoms with Crippen molar-refractivity contribution in [3.05, 3.63) is 224 Å². The summed E-state index contributed by atoms with van der Waals surface area (Å²) in [5, 5.41) is 2.04. The van der Waals surface area contributed by atoms with Gasteiger partial charge in [-0.1, -0.05) is 152 Å². The Morgan fingerprint density at radius 2 is 0.582 bits per heavy atom. The van der Waals surface area contributed by atoms with E-state index in [1.807, 2.05) is 97.1 Å². The molecule has 55 heavy (non-hydrogen) atoms. The molecule has 0 atom stereocenters. The van der Waals surface area contributed by atoms with Gasteiger partial charge in [0.25, 0.3) is 0 Å². The van der Waals surface area contributed by atoms with Gasteiger partial charge in [-0.3, -0.25) is 0 Å². The summed E-state index contributed by atoms with van der Waals surface area (Å²) < 4.78 is 46.2. The first-order chi connectivity index (χ1) is 29.3. The maximum atomic E-state index is 8.96. The summed E-state index contributed by atoms with van der Waals surface area (Å²) in [5.74, 6) is 0. The lowest BCUT2D eigenvalue weighted by Gasteiger charge is -2.12. The normalized spacial score (nSPS) is 12.5. The van der Waals surface area contributed by atoms with Gasteiger partial charge >= 0.3 is 0 Å². The van der Waals surface area contributed by atoms with Gasteiger partial charge in [0.15, 0.2) is 0 Å². The van der Waals surface area contributed by atoms with Crippen molar-refractivity contribution in [1.82, 2.24) is 4.57 Å². The largest absolute Gasteiger partial charge is 0.309 e. The lowest BCUT2D eigenvalue weighted by atomic mass is 9.92. The maximum absolute atomic E-state index is 8.96. The topological polar surface area (TPSA) is 4.93 Å². The average molecular weight is 705 g/mol. The summed E-state index contributed by atoms with van der Waals surface area (Å²) in [6, 6.07) is 65.9. The molecule has 1 heteroatoms. The predicted octanol–water partition coefficient (Wildman–Crippen LogP) is 14.8. The third kappa shape index (κ3) is 6.22. The van der Waals surface area contributed by atoms with Crippen LogP contribution in [0.25, 0.3) is 94.3 Å². The number of hydrogen-bond acceptors (Lipinski definition) is 0. The molecule has 1 aromatic heterocycles. The highest BCUT2D eigenvalue weighted by Crippen LogP contribution is 2.40. The predicted molar refractivity (Wildman–Crippen MR) is 233 cm³/mol. The molecule has 0 unspecified atom stereocenters. The van der Waals surface area contributed by atoms with Gasteiger partial charge in [-0.25, -0.2) is 0 Å². The highest BCUT2D eigenvalue weighted by Gasteiger charge is 2.16. The van der Waals surface area contributed by atoms with Crippen LogP contribution >= 0.6 is 0 Å². The molecule has 0 aliphatic carbocycles. The van der Waals surface area contributed by atoms with Gasteiger partial charge in [0.1, 0.15) is 0 Å². The molecular formula is C54H37N. The SMILES string of the molecule is [2H]c1ccccc1-c1cc(-c2ccc3c(c2)c2cc(-c4cc(-c5ccccc5[2H])cc(-c5ccccc5[2H])c4)ccc2n3-c2ccccc2[2H])cc(-c2ccccc2[2H])c1. The molecule has 0 aliphatic rings. The van der Waals surface area contributed by atoms with Gasteiger partial charge in [-0.2, -0.15) is 0 Å². The fourth-order valence-electron chi connectivity index (χ4n) is 7.67. The first-order valence-corrected chi connectivity index (χ1v) is 18.5. The Labute approximate surface area is 329 Å². The van der Waals surface area contributed by atoms with Crippen molar-refractivity contribution in [3.63, 3.8) is 0 Å². The van der Waals surface area contributed by atoms with E-state index < -0.39 is 0 Å². The number of fused-ring (bicyclic) bond motifs is 3. The van der Waals surface area contributed by atoms with E-state index in [1.165, 1.54) is 0 Å². The number of para-hydroxylation sites is 1. The van der Waals surface area contributed by atoms with Crippen molar-refractivity contribution in [2.75, 3.05) is 0 Å². The summed E-state index contributed by atoms with van der Waals surface area (Å²) >= 11 is 0. The van der Waals surface area contributed by atoms with Crippen LogP contribution in [0.3, 0.4) is 0 Å². The van der Waals surface area contributed by atoms with E-state index in [9.17, 15) is 0 Å². The molecule has 0 spiro atoms. The first kappa shape index (κ1) is 27.4. The molecule has 0 saturated heterocycles. The van der Waals surface area contributed by atoms with E-state index in [1.54, 1.807) is 24.3 Å². The van der Waals surface area contributed by atoms with Crippen molar-refractivity contribution in [3.8, 4) is 72.4 Å². The van der Waals surface area contributed by atoms with Crippen LogP contribution in [0.2, 0.25) is 0 Å². The van der Waals surface area contributed by atoms with E-state index in [0.717, 1.165) is 94.3 Å². The van der Waals surface area contributed by atoms with E-state index in [-0.39, 0.29) is 0 Å². The molecule has 0 N–H and O–H groups in total. The Bertz CT molecular complexity index is 2970. The number of nitrogens with zero attached hydrogens (tertiary/aromatic N) is 1. The fraction of sp³-hybridized carbons (Fsp3) is 0. The van der Waals surface area contributed by atoms with Gasteiger partial charge in [-0.15, -0.1) is 0 Å². The molecule has 0 amide bonds. The van der Waals surface area contributed by atoms with Crippen molar-refractivity contribution < 1.29 is 6.85 Å². The van der Waals surface area contributed by atoms with E-state index >= 15 is 0 Å². The highest BCUT2D eigenvalue weighted by atomic mass is 15.0. The third-order valence-corrected chi connectivity index (χ3v) is 10.3. The molecule has 1 heterocycles. The summed E-state index contributed by atoms with van der Waals surface area (Å²) in [5.41, 5.74) is 13.5. The van der Waals surface area contributed by atoms with Crippen molar-refractivity contribution >= 4 is 21.8 Å². The second-order valence-electron chi connectivity index (χ2n) is 13.8. The van der Waals surface area contributed by atoms with Gasteiger partial charge in [-0.05, 0) is 140 Å². The van der Waals surface area contributed by atoms with Crippen molar-refractivity contribution in [2.24, 2.45) is 0 Å². The lowest BCUT2D eigenvalue weighted by Crippen LogP contribution is -1.93. The second-order valence-corrected chi connectivity index (χ2v) is 13.8. The Balaban J connectivity index is 1.22. The molecule has 258 valence electrons. The van der Waals surface area contributed by atoms with Crippen LogP contribution in [0, 0.1) is 0 Å². The lowest BCUT2D eigenvalue weighted by molar-refractivity contribution is 1.18. The van der Waals surface area contributed by atoms with Crippen LogP contribution in [-0.4, -0.2) is 4.57 Å². The number of rotatable bonds is 7. The zero-order valence-corrected chi connectivity index (χ0v) is 29.9. The molecule has 0 radical (unpaired) electrons. The van der Waals surface area contributed by atoms with E-state index in [4.69, 9.17) is 6.85 Å². The zero-order valence-electron chi connectivity index (χ0n) is 34.9.